The summed E-state index contributed by atoms with van der Waals surface area (Å²) in [6.45, 7) is 16.3. The fraction of sp³-hybridized carbons (Fsp3) is 0.529. The lowest BCUT2D eigenvalue weighted by atomic mass is 9.94. The molecule has 1 amide bonds. The number of carbonyl (C=O) groups excluding carboxylic acids is 2. The summed E-state index contributed by atoms with van der Waals surface area (Å²) in [6.07, 6.45) is -0.485. The summed E-state index contributed by atoms with van der Waals surface area (Å²) in [5.41, 5.74) is 0.260. The summed E-state index contributed by atoms with van der Waals surface area (Å²) in [6, 6.07) is 0. The highest BCUT2D eigenvalue weighted by Crippen LogP contribution is 2.22. The van der Waals surface area contributed by atoms with Crippen molar-refractivity contribution < 1.29 is 23.8 Å². The molecule has 0 fully saturated rings. The van der Waals surface area contributed by atoms with Crippen LogP contribution in [-0.4, -0.2) is 50.9 Å². The van der Waals surface area contributed by atoms with Gasteiger partial charge in [-0.2, -0.15) is 0 Å². The maximum absolute atomic E-state index is 11.6. The first-order valence-electron chi connectivity index (χ1n) is 7.13. The van der Waals surface area contributed by atoms with Crippen molar-refractivity contribution in [2.24, 2.45) is 5.41 Å². The Morgan fingerprint density at radius 3 is 1.83 bits per heavy atom. The van der Waals surface area contributed by atoms with Crippen LogP contribution in [0.2, 0.25) is 0 Å². The molecule has 0 aliphatic heterocycles. The van der Waals surface area contributed by atoms with Gasteiger partial charge in [-0.1, -0.05) is 19.7 Å². The Hall–Kier alpha value is -2.24. The first-order valence-corrected chi connectivity index (χ1v) is 7.13. The van der Waals surface area contributed by atoms with Crippen LogP contribution in [0.1, 0.15) is 20.8 Å². The topological polar surface area (TPSA) is 65.1 Å². The second-order valence-electron chi connectivity index (χ2n) is 6.11. The van der Waals surface area contributed by atoms with Crippen LogP contribution < -0.4 is 0 Å². The molecule has 0 spiro atoms. The van der Waals surface area contributed by atoms with Gasteiger partial charge in [0.15, 0.2) is 0 Å². The maximum Gasteiger partial charge on any atom is 0.409 e. The number of nitrogens with zero attached hydrogens (tertiary/aromatic N) is 1. The highest BCUT2D eigenvalue weighted by atomic mass is 16.6. The quantitative estimate of drug-likeness (QED) is 0.282. The van der Waals surface area contributed by atoms with E-state index in [-0.39, 0.29) is 19.8 Å². The zero-order valence-corrected chi connectivity index (χ0v) is 14.7. The van der Waals surface area contributed by atoms with E-state index in [1.165, 1.54) is 4.90 Å². The molecule has 1 unspecified atom stereocenters. The summed E-state index contributed by atoms with van der Waals surface area (Å²) >= 11 is 0. The SMILES string of the molecule is C=C(C)C(=C)OCC(C)(COC(=O)C(=C)C)COC(=O)N(C)C. The first-order chi connectivity index (χ1) is 10.5. The van der Waals surface area contributed by atoms with Crippen molar-refractivity contribution in [2.45, 2.75) is 20.8 Å². The number of hydrogen-bond donors (Lipinski definition) is 0. The Balaban J connectivity index is 4.84. The molecule has 0 aromatic heterocycles. The number of allylic oxidation sites excluding steroid dienone is 1. The second kappa shape index (κ2) is 9.02. The van der Waals surface area contributed by atoms with Crippen LogP contribution in [0.15, 0.2) is 36.6 Å². The van der Waals surface area contributed by atoms with E-state index in [0.29, 0.717) is 16.9 Å². The summed E-state index contributed by atoms with van der Waals surface area (Å²) in [4.78, 5) is 24.5. The first kappa shape index (κ1) is 20.8. The monoisotopic (exact) mass is 325 g/mol. The van der Waals surface area contributed by atoms with E-state index in [2.05, 4.69) is 19.7 Å². The van der Waals surface area contributed by atoms with E-state index in [1.807, 2.05) is 0 Å². The van der Waals surface area contributed by atoms with Crippen LogP contribution >= 0.6 is 0 Å². The zero-order valence-electron chi connectivity index (χ0n) is 14.7. The molecular weight excluding hydrogens is 298 g/mol. The molecule has 0 radical (unpaired) electrons. The molecule has 0 aliphatic carbocycles. The van der Waals surface area contributed by atoms with Crippen molar-refractivity contribution in [3.05, 3.63) is 36.6 Å². The molecule has 1 atom stereocenters. The molecule has 0 N–H and O–H groups in total. The van der Waals surface area contributed by atoms with E-state index in [9.17, 15) is 9.59 Å². The van der Waals surface area contributed by atoms with Crippen LogP contribution in [0.3, 0.4) is 0 Å². The average Bonchev–Trinajstić information content (AvgIpc) is 2.47. The molecule has 0 rings (SSSR count). The second-order valence-corrected chi connectivity index (χ2v) is 6.11. The number of esters is 1. The number of rotatable bonds is 9. The van der Waals surface area contributed by atoms with Gasteiger partial charge in [0.25, 0.3) is 0 Å². The predicted octanol–water partition coefficient (Wildman–Crippen LogP) is 2.92. The van der Waals surface area contributed by atoms with E-state index in [4.69, 9.17) is 14.2 Å². The number of hydrogen-bond acceptors (Lipinski definition) is 5. The number of amides is 1. The predicted molar refractivity (Wildman–Crippen MR) is 88.8 cm³/mol. The van der Waals surface area contributed by atoms with Crippen molar-refractivity contribution in [1.82, 2.24) is 4.90 Å². The fourth-order valence-corrected chi connectivity index (χ4v) is 1.24. The highest BCUT2D eigenvalue weighted by Gasteiger charge is 2.30. The van der Waals surface area contributed by atoms with Gasteiger partial charge in [-0.25, -0.2) is 9.59 Å². The van der Waals surface area contributed by atoms with Gasteiger partial charge in [-0.3, -0.25) is 0 Å². The smallest absolute Gasteiger partial charge is 0.409 e. The summed E-state index contributed by atoms with van der Waals surface area (Å²) in [5, 5.41) is 0. The van der Waals surface area contributed by atoms with Crippen LogP contribution in [0, 0.1) is 5.41 Å². The molecule has 6 heteroatoms. The van der Waals surface area contributed by atoms with Gasteiger partial charge in [-0.05, 0) is 26.3 Å². The van der Waals surface area contributed by atoms with E-state index in [1.54, 1.807) is 34.9 Å². The van der Waals surface area contributed by atoms with Gasteiger partial charge in [0.05, 0.1) is 5.41 Å². The van der Waals surface area contributed by atoms with Crippen molar-refractivity contribution in [3.63, 3.8) is 0 Å². The number of carbonyl (C=O) groups is 2. The lowest BCUT2D eigenvalue weighted by Gasteiger charge is -2.29. The third-order valence-electron chi connectivity index (χ3n) is 2.88. The molecule has 0 saturated heterocycles. The van der Waals surface area contributed by atoms with Crippen molar-refractivity contribution >= 4 is 12.1 Å². The van der Waals surface area contributed by atoms with Crippen molar-refractivity contribution in [3.8, 4) is 0 Å². The Kier molecular flexibility index (Phi) is 8.15. The lowest BCUT2D eigenvalue weighted by Crippen LogP contribution is -2.37. The molecule has 0 bridgehead atoms. The standard InChI is InChI=1S/C17H27NO5/c1-12(2)14(5)21-9-17(6,10-22-15(19)13(3)4)11-23-16(20)18(7)8/h1,3,5,9-11H2,2,4,6-8H3. The fourth-order valence-electron chi connectivity index (χ4n) is 1.24. The summed E-state index contributed by atoms with van der Waals surface area (Å²) in [7, 11) is 3.17. The largest absolute Gasteiger partial charge is 0.493 e. The molecule has 0 aromatic rings. The molecule has 6 nitrogen and oxygen atoms in total. The van der Waals surface area contributed by atoms with Crippen LogP contribution in [0.25, 0.3) is 0 Å². The van der Waals surface area contributed by atoms with Crippen LogP contribution in [-0.2, 0) is 19.0 Å². The molecular formula is C17H27NO5. The van der Waals surface area contributed by atoms with Crippen LogP contribution in [0.5, 0.6) is 0 Å². The Labute approximate surface area is 138 Å². The van der Waals surface area contributed by atoms with Gasteiger partial charge < -0.3 is 19.1 Å². The molecule has 0 saturated carbocycles. The third-order valence-corrected chi connectivity index (χ3v) is 2.88. The van der Waals surface area contributed by atoms with Crippen molar-refractivity contribution in [1.29, 1.82) is 0 Å². The third kappa shape index (κ3) is 8.09. The minimum atomic E-state index is -0.727. The Morgan fingerprint density at radius 2 is 1.39 bits per heavy atom. The Bertz CT molecular complexity index is 463. The molecule has 130 valence electrons. The zero-order chi connectivity index (χ0) is 18.2. The lowest BCUT2D eigenvalue weighted by molar-refractivity contribution is -0.144. The average molecular weight is 325 g/mol. The van der Waals surface area contributed by atoms with Gasteiger partial charge in [0, 0.05) is 19.7 Å². The normalized spacial score (nSPS) is 12.6. The minimum absolute atomic E-state index is 0.0167. The summed E-state index contributed by atoms with van der Waals surface area (Å²) < 4.78 is 15.9. The molecule has 0 aromatic carbocycles. The maximum atomic E-state index is 11.6. The van der Waals surface area contributed by atoms with Gasteiger partial charge in [-0.15, -0.1) is 0 Å². The number of ether oxygens (including phenoxy) is 3. The molecule has 0 heterocycles. The van der Waals surface area contributed by atoms with Gasteiger partial charge >= 0.3 is 12.1 Å². The Morgan fingerprint density at radius 1 is 0.913 bits per heavy atom. The molecule has 0 aliphatic rings. The summed E-state index contributed by atoms with van der Waals surface area (Å²) in [5.74, 6) is -0.0738. The van der Waals surface area contributed by atoms with E-state index in [0.717, 1.165) is 0 Å². The van der Waals surface area contributed by atoms with Gasteiger partial charge in [0.1, 0.15) is 25.6 Å². The van der Waals surface area contributed by atoms with Crippen LogP contribution in [0.4, 0.5) is 4.79 Å². The molecule has 23 heavy (non-hydrogen) atoms. The highest BCUT2D eigenvalue weighted by molar-refractivity contribution is 5.86. The van der Waals surface area contributed by atoms with E-state index < -0.39 is 17.5 Å². The van der Waals surface area contributed by atoms with E-state index >= 15 is 0 Å². The minimum Gasteiger partial charge on any atom is -0.493 e. The van der Waals surface area contributed by atoms with Gasteiger partial charge in [0.2, 0.25) is 0 Å². The van der Waals surface area contributed by atoms with Crippen molar-refractivity contribution in [2.75, 3.05) is 33.9 Å².